The monoisotopic (exact) mass is 1060 g/mol. The molecule has 3 nitrogen and oxygen atoms in total. The summed E-state index contributed by atoms with van der Waals surface area (Å²) < 4.78 is 9.39. The van der Waals surface area contributed by atoms with Gasteiger partial charge in [-0.05, 0) is 115 Å². The highest BCUT2D eigenvalue weighted by atomic mass is 32.1. The summed E-state index contributed by atoms with van der Waals surface area (Å²) in [6.45, 7) is 0. The molecule has 0 N–H and O–H groups in total. The molecule has 4 heterocycles. The number of rotatable bonds is 8. The first-order valence-corrected chi connectivity index (χ1v) is 28.8. The van der Waals surface area contributed by atoms with Gasteiger partial charge in [-0.3, -0.25) is 0 Å². The van der Waals surface area contributed by atoms with Gasteiger partial charge < -0.3 is 4.42 Å². The van der Waals surface area contributed by atoms with Gasteiger partial charge in [0.25, 0.3) is 0 Å². The molecule has 0 atom stereocenters. The average molecular weight is 1060 g/mol. The first-order valence-electron chi connectivity index (χ1n) is 28.0. The Labute approximate surface area is 476 Å². The Morgan fingerprint density at radius 2 is 0.707 bits per heavy atom. The Bertz CT molecular complexity index is 5400. The third kappa shape index (κ3) is 7.02. The second-order valence-electron chi connectivity index (χ2n) is 21.3. The number of hydrogen-bond donors (Lipinski definition) is 0. The minimum absolute atomic E-state index is 0.823. The Balaban J connectivity index is 1.15. The fourth-order valence-electron chi connectivity index (χ4n) is 13.5. The summed E-state index contributed by atoms with van der Waals surface area (Å²) >= 11 is 1.85. The smallest absolute Gasteiger partial charge is 0.136 e. The molecule has 13 aromatic carbocycles. The molecule has 17 rings (SSSR count). The predicted octanol–water partition coefficient (Wildman–Crippen LogP) is 20.8. The van der Waals surface area contributed by atoms with Crippen LogP contribution in [0.15, 0.2) is 293 Å². The summed E-state index contributed by atoms with van der Waals surface area (Å²) in [5.74, 6) is 0. The van der Waals surface area contributed by atoms with Gasteiger partial charge in [-0.15, -0.1) is 11.3 Å². The van der Waals surface area contributed by atoms with E-state index in [2.05, 4.69) is 279 Å². The van der Waals surface area contributed by atoms with E-state index < -0.39 is 0 Å². The van der Waals surface area contributed by atoms with E-state index in [-0.39, 0.29) is 0 Å². The molecule has 2 aliphatic rings. The maximum absolute atomic E-state index is 6.92. The highest BCUT2D eigenvalue weighted by Crippen LogP contribution is 2.62. The van der Waals surface area contributed by atoms with Crippen LogP contribution in [0, 0.1) is 10.4 Å². The zero-order chi connectivity index (χ0) is 53.8. The van der Waals surface area contributed by atoms with Crippen LogP contribution in [0.4, 0.5) is 11.4 Å². The van der Waals surface area contributed by atoms with Gasteiger partial charge in [0.05, 0.1) is 22.1 Å². The Morgan fingerprint density at radius 1 is 0.244 bits per heavy atom. The van der Waals surface area contributed by atoms with Crippen LogP contribution in [0.5, 0.6) is 0 Å². The number of nitrogens with zero attached hydrogens (tertiary/aromatic N) is 2. The first kappa shape index (κ1) is 46.4. The van der Waals surface area contributed by atoms with E-state index in [1.54, 1.807) is 0 Å². The molecule has 82 heavy (non-hydrogen) atoms. The third-order valence-electron chi connectivity index (χ3n) is 16.9. The summed E-state index contributed by atoms with van der Waals surface area (Å²) in [5, 5.41) is 8.65. The van der Waals surface area contributed by atoms with Crippen LogP contribution >= 0.6 is 11.3 Å². The molecular formula is C78H46N2OS. The molecule has 0 fully saturated rings. The summed E-state index contributed by atoms with van der Waals surface area (Å²) in [5.41, 5.74) is 23.5. The molecule has 0 saturated carbocycles. The molecular weight excluding hydrogens is 1010 g/mol. The fraction of sp³-hybridized carbons (Fsp3) is 0. The molecule has 380 valence electrons. The third-order valence-corrected chi connectivity index (χ3v) is 18.0. The van der Waals surface area contributed by atoms with Gasteiger partial charge in [0.1, 0.15) is 11.2 Å². The largest absolute Gasteiger partial charge is 0.456 e. The Hall–Kier alpha value is -10.5. The van der Waals surface area contributed by atoms with Crippen LogP contribution in [0.25, 0.3) is 142 Å². The summed E-state index contributed by atoms with van der Waals surface area (Å²) in [6, 6.07) is 102. The highest BCUT2D eigenvalue weighted by molar-refractivity contribution is 7.26. The molecule has 0 spiro atoms. The average Bonchev–Trinajstić information content (AvgIpc) is 4.13. The molecule has 0 bridgehead atoms. The van der Waals surface area contributed by atoms with E-state index in [0.29, 0.717) is 0 Å². The van der Waals surface area contributed by atoms with Gasteiger partial charge in [0.15, 0.2) is 0 Å². The lowest BCUT2D eigenvalue weighted by Gasteiger charge is -2.28. The summed E-state index contributed by atoms with van der Waals surface area (Å²) in [6.07, 6.45) is 0. The van der Waals surface area contributed by atoms with E-state index >= 15 is 0 Å². The zero-order valence-electron chi connectivity index (χ0n) is 44.3. The van der Waals surface area contributed by atoms with Gasteiger partial charge in [0.2, 0.25) is 0 Å². The van der Waals surface area contributed by atoms with Gasteiger partial charge >= 0.3 is 0 Å². The van der Waals surface area contributed by atoms with Crippen LogP contribution in [0.1, 0.15) is 0 Å². The van der Waals surface area contributed by atoms with Crippen molar-refractivity contribution in [1.82, 2.24) is 0 Å². The van der Waals surface area contributed by atoms with Crippen LogP contribution in [-0.4, -0.2) is 0 Å². The van der Waals surface area contributed by atoms with Gasteiger partial charge in [-0.25, -0.2) is 9.98 Å². The maximum atomic E-state index is 6.92. The number of thiophene rings is 1. The molecule has 0 amide bonds. The molecule has 4 heteroatoms. The van der Waals surface area contributed by atoms with Crippen LogP contribution in [0.2, 0.25) is 0 Å². The van der Waals surface area contributed by atoms with E-state index in [1.807, 2.05) is 11.3 Å². The van der Waals surface area contributed by atoms with Crippen molar-refractivity contribution in [2.75, 3.05) is 0 Å². The highest BCUT2D eigenvalue weighted by Gasteiger charge is 2.36. The molecule has 2 aliphatic heterocycles. The maximum Gasteiger partial charge on any atom is 0.136 e. The van der Waals surface area contributed by atoms with Crippen molar-refractivity contribution in [2.45, 2.75) is 0 Å². The van der Waals surface area contributed by atoms with Crippen molar-refractivity contribution in [2.24, 2.45) is 9.98 Å². The van der Waals surface area contributed by atoms with Gasteiger partial charge in [0, 0.05) is 69.2 Å². The molecule has 0 radical (unpaired) electrons. The zero-order valence-corrected chi connectivity index (χ0v) is 45.1. The number of benzene rings is 13. The lowest BCUT2D eigenvalue weighted by Crippen LogP contribution is -2.03. The van der Waals surface area contributed by atoms with E-state index in [1.165, 1.54) is 20.2 Å². The molecule has 0 aliphatic carbocycles. The van der Waals surface area contributed by atoms with E-state index in [0.717, 1.165) is 155 Å². The van der Waals surface area contributed by atoms with E-state index in [4.69, 9.17) is 14.4 Å². The van der Waals surface area contributed by atoms with Crippen molar-refractivity contribution in [3.05, 3.63) is 300 Å². The van der Waals surface area contributed by atoms with Crippen molar-refractivity contribution in [1.29, 1.82) is 0 Å². The van der Waals surface area contributed by atoms with Crippen molar-refractivity contribution >= 4 is 64.8 Å². The van der Waals surface area contributed by atoms with Crippen LogP contribution < -0.4 is 10.7 Å². The first-order chi connectivity index (χ1) is 40.7. The Morgan fingerprint density at radius 3 is 1.40 bits per heavy atom. The molecule has 0 unspecified atom stereocenters. The fourth-order valence-corrected chi connectivity index (χ4v) is 14.6. The van der Waals surface area contributed by atoms with Crippen molar-refractivity contribution in [3.63, 3.8) is 0 Å². The van der Waals surface area contributed by atoms with Crippen LogP contribution in [0.3, 0.4) is 0 Å². The molecule has 2 aromatic heterocycles. The topological polar surface area (TPSA) is 37.9 Å². The predicted molar refractivity (Wildman–Crippen MR) is 341 cm³/mol. The summed E-state index contributed by atoms with van der Waals surface area (Å²) in [4.78, 5) is 11.7. The second-order valence-corrected chi connectivity index (χ2v) is 22.4. The second kappa shape index (κ2) is 18.5. The number of fused-ring (bicyclic) bond motifs is 12. The van der Waals surface area contributed by atoms with E-state index in [9.17, 15) is 0 Å². The standard InChI is InChI=1S/C78H46N2OS/c1-3-23-47(24-4-1)49-27-7-9-29-51(49)53-31-11-13-34-56(53)71-72(61-38-21-42-66-69(61)59-36-16-19-41-65(59)81-66)74(57-35-14-12-32-54(57)52-30-10-8-28-50(52)48-25-5-2-6-26-48)78-76(73(71)62-39-22-44-68-70(62)60-37-17-20-43-67(60)82-68)75-64(80-78)46-45-58-55-33-15-18-40-63(55)79-77(58)75/h1-46H. The van der Waals surface area contributed by atoms with Crippen molar-refractivity contribution in [3.8, 4) is 100 Å². The lowest BCUT2D eigenvalue weighted by atomic mass is 9.74. The minimum Gasteiger partial charge on any atom is -0.456 e. The van der Waals surface area contributed by atoms with Crippen molar-refractivity contribution < 1.29 is 4.42 Å². The van der Waals surface area contributed by atoms with Crippen LogP contribution in [-0.2, 0) is 0 Å². The Kier molecular flexibility index (Phi) is 10.5. The number of hydrogen-bond acceptors (Lipinski definition) is 4. The minimum atomic E-state index is 0.823. The normalized spacial score (nSPS) is 12.1. The SMILES string of the molecule is c1ccc(-c2ccccc2-c2ccccc2-c2c3c(c(-c4cccc5sc6ccccc6c45)c(-c4ccccc4-c4ccccc4-c4ccccc4)c2-c2cccc4oc5ccccc5c24)-c2c4c(ccc2=N3)=c2ccccc2=N4)cc1. The quantitative estimate of drug-likeness (QED) is 0.149. The molecule has 15 aromatic rings. The number of furan rings is 1. The lowest BCUT2D eigenvalue weighted by molar-refractivity contribution is 0.669. The number of para-hydroxylation sites is 2. The van der Waals surface area contributed by atoms with Gasteiger partial charge in [-0.1, -0.05) is 237 Å². The summed E-state index contributed by atoms with van der Waals surface area (Å²) in [7, 11) is 0. The van der Waals surface area contributed by atoms with Gasteiger partial charge in [-0.2, -0.15) is 0 Å². The molecule has 0 saturated heterocycles.